The number of aromatic nitrogens is 1. The molecular formula is C40H28N4O. The topological polar surface area (TPSA) is 62.5 Å². The third-order valence-corrected chi connectivity index (χ3v) is 8.80. The average molecular weight is 581 g/mol. The molecule has 2 N–H and O–H groups in total. The van der Waals surface area contributed by atoms with Crippen LogP contribution in [0.1, 0.15) is 29.0 Å². The second-order valence-electron chi connectivity index (χ2n) is 11.6. The van der Waals surface area contributed by atoms with Crippen molar-refractivity contribution in [3.63, 3.8) is 0 Å². The fourth-order valence-electron chi connectivity index (χ4n) is 6.53. The van der Waals surface area contributed by atoms with Gasteiger partial charge in [-0.25, -0.2) is 4.99 Å². The van der Waals surface area contributed by atoms with Crippen molar-refractivity contribution in [2.75, 3.05) is 0 Å². The molecule has 0 spiro atoms. The monoisotopic (exact) mass is 580 g/mol. The molecule has 2 aromatic heterocycles. The van der Waals surface area contributed by atoms with Crippen LogP contribution < -0.4 is 10.6 Å². The molecule has 2 atom stereocenters. The van der Waals surface area contributed by atoms with Gasteiger partial charge in [0.15, 0.2) is 5.58 Å². The first kappa shape index (κ1) is 25.7. The van der Waals surface area contributed by atoms with Gasteiger partial charge in [0.2, 0.25) is 0 Å². The van der Waals surface area contributed by atoms with E-state index in [9.17, 15) is 0 Å². The first-order valence-electron chi connectivity index (χ1n) is 15.2. The number of furan rings is 1. The molecule has 0 radical (unpaired) electrons. The van der Waals surface area contributed by atoms with Gasteiger partial charge in [-0.2, -0.15) is 0 Å². The number of amidine groups is 1. The number of fused-ring (bicyclic) bond motifs is 5. The van der Waals surface area contributed by atoms with E-state index in [1.54, 1.807) is 6.20 Å². The Labute approximate surface area is 259 Å². The number of benzene rings is 6. The molecule has 0 bridgehead atoms. The van der Waals surface area contributed by atoms with Crippen molar-refractivity contribution in [1.82, 2.24) is 15.6 Å². The smallest absolute Gasteiger partial charge is 0.154 e. The maximum atomic E-state index is 6.19. The number of hydrogen-bond acceptors (Lipinski definition) is 5. The predicted molar refractivity (Wildman–Crippen MR) is 183 cm³/mol. The lowest BCUT2D eigenvalue weighted by molar-refractivity contribution is 0.409. The van der Waals surface area contributed by atoms with E-state index in [1.807, 2.05) is 24.4 Å². The summed E-state index contributed by atoms with van der Waals surface area (Å²) < 4.78 is 6.19. The van der Waals surface area contributed by atoms with Crippen molar-refractivity contribution in [3.05, 3.63) is 163 Å². The number of rotatable bonds is 4. The van der Waals surface area contributed by atoms with Gasteiger partial charge in [0.05, 0.1) is 6.20 Å². The summed E-state index contributed by atoms with van der Waals surface area (Å²) in [7, 11) is 0. The molecule has 5 nitrogen and oxygen atoms in total. The van der Waals surface area contributed by atoms with Gasteiger partial charge in [-0.1, -0.05) is 109 Å². The van der Waals surface area contributed by atoms with E-state index in [0.29, 0.717) is 0 Å². The molecule has 0 fully saturated rings. The van der Waals surface area contributed by atoms with Crippen LogP contribution in [0, 0.1) is 0 Å². The molecule has 8 aromatic rings. The Morgan fingerprint density at radius 2 is 1.29 bits per heavy atom. The Morgan fingerprint density at radius 3 is 2.20 bits per heavy atom. The molecule has 6 aromatic carbocycles. The minimum Gasteiger partial charge on any atom is -0.454 e. The lowest BCUT2D eigenvalue weighted by Crippen LogP contribution is -2.45. The van der Waals surface area contributed by atoms with Crippen LogP contribution in [-0.4, -0.2) is 10.8 Å². The lowest BCUT2D eigenvalue weighted by atomic mass is 9.98. The molecule has 0 aliphatic carbocycles. The Kier molecular flexibility index (Phi) is 5.96. The van der Waals surface area contributed by atoms with Crippen LogP contribution in [0.15, 0.2) is 155 Å². The van der Waals surface area contributed by atoms with E-state index in [2.05, 4.69) is 131 Å². The quantitative estimate of drug-likeness (QED) is 0.218. The number of pyridine rings is 1. The van der Waals surface area contributed by atoms with Crippen molar-refractivity contribution in [1.29, 1.82) is 0 Å². The molecule has 9 rings (SSSR count). The maximum Gasteiger partial charge on any atom is 0.154 e. The lowest BCUT2D eigenvalue weighted by Gasteiger charge is -2.32. The molecule has 214 valence electrons. The van der Waals surface area contributed by atoms with E-state index in [1.165, 1.54) is 32.7 Å². The van der Waals surface area contributed by atoms with E-state index < -0.39 is 0 Å². The maximum absolute atomic E-state index is 6.19. The zero-order chi connectivity index (χ0) is 29.7. The second kappa shape index (κ2) is 10.4. The zero-order valence-corrected chi connectivity index (χ0v) is 24.3. The Morgan fingerprint density at radius 1 is 0.556 bits per heavy atom. The molecule has 0 saturated heterocycles. The molecule has 2 unspecified atom stereocenters. The Bertz CT molecular complexity index is 2410. The highest BCUT2D eigenvalue weighted by molar-refractivity contribution is 6.17. The second-order valence-corrected chi connectivity index (χ2v) is 11.6. The van der Waals surface area contributed by atoms with E-state index in [0.717, 1.165) is 44.5 Å². The summed E-state index contributed by atoms with van der Waals surface area (Å²) in [6.45, 7) is 0. The molecular weight excluding hydrogens is 552 g/mol. The highest BCUT2D eigenvalue weighted by atomic mass is 16.3. The van der Waals surface area contributed by atoms with Crippen LogP contribution in [0.4, 0.5) is 0 Å². The summed E-state index contributed by atoms with van der Waals surface area (Å²) in [6, 6.07) is 47.0. The van der Waals surface area contributed by atoms with Crippen molar-refractivity contribution >= 4 is 49.3 Å². The van der Waals surface area contributed by atoms with Gasteiger partial charge in [-0.05, 0) is 68.1 Å². The number of hydrogen-bond donors (Lipinski definition) is 2. The van der Waals surface area contributed by atoms with Crippen molar-refractivity contribution < 1.29 is 4.42 Å². The van der Waals surface area contributed by atoms with Crippen LogP contribution in [0.3, 0.4) is 0 Å². The van der Waals surface area contributed by atoms with Crippen molar-refractivity contribution in [2.24, 2.45) is 4.99 Å². The van der Waals surface area contributed by atoms with Crippen LogP contribution in [0.5, 0.6) is 0 Å². The first-order valence-corrected chi connectivity index (χ1v) is 15.2. The van der Waals surface area contributed by atoms with Gasteiger partial charge in [-0.15, -0.1) is 0 Å². The van der Waals surface area contributed by atoms with Crippen molar-refractivity contribution in [2.45, 2.75) is 12.3 Å². The van der Waals surface area contributed by atoms with Gasteiger partial charge in [-0.3, -0.25) is 10.3 Å². The Hall–Kier alpha value is -5.78. The van der Waals surface area contributed by atoms with E-state index in [4.69, 9.17) is 9.41 Å². The Balaban J connectivity index is 1.19. The molecule has 0 amide bonds. The van der Waals surface area contributed by atoms with Gasteiger partial charge in [0.25, 0.3) is 0 Å². The highest BCUT2D eigenvalue weighted by Crippen LogP contribution is 2.34. The van der Waals surface area contributed by atoms with Crippen LogP contribution in [0.25, 0.3) is 54.6 Å². The van der Waals surface area contributed by atoms with Crippen molar-refractivity contribution in [3.8, 4) is 11.1 Å². The number of aliphatic imine (C=N–C) groups is 1. The predicted octanol–water partition coefficient (Wildman–Crippen LogP) is 9.29. The van der Waals surface area contributed by atoms with Crippen LogP contribution in [0.2, 0.25) is 0 Å². The molecule has 0 saturated carbocycles. The van der Waals surface area contributed by atoms with Gasteiger partial charge in [0.1, 0.15) is 23.8 Å². The van der Waals surface area contributed by atoms with Gasteiger partial charge < -0.3 is 9.73 Å². The average Bonchev–Trinajstić information content (AvgIpc) is 3.50. The third-order valence-electron chi connectivity index (χ3n) is 8.80. The number of para-hydroxylation sites is 1. The number of nitrogens with zero attached hydrogens (tertiary/aromatic N) is 2. The summed E-state index contributed by atoms with van der Waals surface area (Å²) in [5.41, 5.74) is 7.13. The van der Waals surface area contributed by atoms with Gasteiger partial charge >= 0.3 is 0 Å². The van der Waals surface area contributed by atoms with E-state index >= 15 is 0 Å². The summed E-state index contributed by atoms with van der Waals surface area (Å²) >= 11 is 0. The summed E-state index contributed by atoms with van der Waals surface area (Å²) in [4.78, 5) is 9.86. The van der Waals surface area contributed by atoms with E-state index in [-0.39, 0.29) is 12.3 Å². The highest BCUT2D eigenvalue weighted by Gasteiger charge is 2.27. The normalized spacial score (nSPS) is 16.7. The number of nitrogens with one attached hydrogen (secondary N) is 2. The molecule has 1 aliphatic rings. The zero-order valence-electron chi connectivity index (χ0n) is 24.3. The third kappa shape index (κ3) is 4.53. The molecule has 3 heterocycles. The molecule has 45 heavy (non-hydrogen) atoms. The van der Waals surface area contributed by atoms with Crippen LogP contribution in [-0.2, 0) is 0 Å². The molecule has 5 heteroatoms. The fraction of sp³-hybridized carbons (Fsp3) is 0.0500. The first-order chi connectivity index (χ1) is 22.3. The largest absolute Gasteiger partial charge is 0.454 e. The van der Waals surface area contributed by atoms with Gasteiger partial charge in [0, 0.05) is 22.5 Å². The minimum absolute atomic E-state index is 0.188. The summed E-state index contributed by atoms with van der Waals surface area (Å²) in [5, 5.41) is 14.4. The van der Waals surface area contributed by atoms with Crippen LogP contribution >= 0.6 is 0 Å². The SMILES string of the molecule is c1ccc(-c2ccc3ccc(C4N=C(c5cncc6oc7ccccc7c56)NC(c5ccc6ccccc6c5)N4)cc3c2)cc1. The molecule has 1 aliphatic heterocycles. The fourth-order valence-corrected chi connectivity index (χ4v) is 6.53. The standard InChI is InChI=1S/C40H28N4O/c1-2-8-25(9-3-1)29-17-14-27-16-19-31(22-32(27)21-29)39-42-38(30-18-15-26-10-4-5-11-28(26)20-30)43-40(44-39)34-23-41-24-36-37(34)33-12-6-7-13-35(33)45-36/h1-24,38-39,42H,(H,43,44). The summed E-state index contributed by atoms with van der Waals surface area (Å²) in [5.74, 6) is 0.777. The summed E-state index contributed by atoms with van der Waals surface area (Å²) in [6.07, 6.45) is 3.19. The minimum atomic E-state index is -0.295.